The van der Waals surface area contributed by atoms with E-state index in [1.807, 2.05) is 20.9 Å². The lowest BCUT2D eigenvalue weighted by atomic mass is 10.2. The Labute approximate surface area is 140 Å². The van der Waals surface area contributed by atoms with Crippen molar-refractivity contribution in [1.82, 2.24) is 15.0 Å². The predicted molar refractivity (Wildman–Crippen MR) is 89.9 cm³/mol. The van der Waals surface area contributed by atoms with Gasteiger partial charge in [0.05, 0.1) is 16.7 Å². The van der Waals surface area contributed by atoms with E-state index in [1.165, 1.54) is 0 Å². The fraction of sp³-hybridized carbons (Fsp3) is 0.588. The summed E-state index contributed by atoms with van der Waals surface area (Å²) in [6.45, 7) is 8.31. The molecular formula is C17H23N3O2S. The zero-order chi connectivity index (χ0) is 16.7. The van der Waals surface area contributed by atoms with Crippen LogP contribution in [-0.2, 0) is 0 Å². The van der Waals surface area contributed by atoms with Crippen molar-refractivity contribution in [2.24, 2.45) is 0 Å². The van der Waals surface area contributed by atoms with Crippen LogP contribution in [0, 0.1) is 6.92 Å². The topological polar surface area (TPSA) is 59.2 Å². The molecule has 5 nitrogen and oxygen atoms in total. The highest BCUT2D eigenvalue weighted by molar-refractivity contribution is 7.11. The molecule has 23 heavy (non-hydrogen) atoms. The van der Waals surface area contributed by atoms with Gasteiger partial charge in [-0.25, -0.2) is 4.98 Å². The average molecular weight is 333 g/mol. The first kappa shape index (κ1) is 16.2. The Hall–Kier alpha value is -1.69. The maximum atomic E-state index is 12.7. The molecule has 0 aromatic carbocycles. The molecule has 0 bridgehead atoms. The van der Waals surface area contributed by atoms with E-state index in [-0.39, 0.29) is 11.9 Å². The maximum Gasteiger partial charge on any atom is 0.276 e. The van der Waals surface area contributed by atoms with Crippen LogP contribution in [0.4, 0.5) is 0 Å². The Morgan fingerprint density at radius 2 is 2.09 bits per heavy atom. The van der Waals surface area contributed by atoms with E-state index in [0.29, 0.717) is 17.5 Å². The summed E-state index contributed by atoms with van der Waals surface area (Å²) >= 11 is 1.69. The summed E-state index contributed by atoms with van der Waals surface area (Å²) < 4.78 is 5.30. The third-order valence-electron chi connectivity index (χ3n) is 4.35. The van der Waals surface area contributed by atoms with Crippen LogP contribution < -0.4 is 0 Å². The maximum absolute atomic E-state index is 12.7. The molecule has 0 aliphatic heterocycles. The predicted octanol–water partition coefficient (Wildman–Crippen LogP) is 4.27. The number of rotatable bonds is 5. The van der Waals surface area contributed by atoms with Crippen molar-refractivity contribution < 1.29 is 9.32 Å². The molecule has 0 spiro atoms. The molecule has 2 aromatic rings. The van der Waals surface area contributed by atoms with Gasteiger partial charge >= 0.3 is 0 Å². The number of aryl methyl sites for hydroxylation is 1. The molecular weight excluding hydrogens is 310 g/mol. The summed E-state index contributed by atoms with van der Waals surface area (Å²) in [7, 11) is 1.81. The highest BCUT2D eigenvalue weighted by Gasteiger charge is 2.30. The smallest absolute Gasteiger partial charge is 0.276 e. The van der Waals surface area contributed by atoms with Crippen molar-refractivity contribution >= 4 is 17.2 Å². The van der Waals surface area contributed by atoms with Gasteiger partial charge < -0.3 is 9.42 Å². The zero-order valence-electron chi connectivity index (χ0n) is 14.3. The molecule has 2 heterocycles. The van der Waals surface area contributed by atoms with Crippen molar-refractivity contribution in [2.45, 2.75) is 58.4 Å². The lowest BCUT2D eigenvalue weighted by Crippen LogP contribution is -2.29. The number of hydrogen-bond acceptors (Lipinski definition) is 5. The molecule has 1 aliphatic carbocycles. The van der Waals surface area contributed by atoms with Crippen LogP contribution in [0.2, 0.25) is 0 Å². The first-order chi connectivity index (χ1) is 10.9. The van der Waals surface area contributed by atoms with Crippen molar-refractivity contribution in [2.75, 3.05) is 7.05 Å². The minimum atomic E-state index is -0.105. The normalized spacial score (nSPS) is 15.9. The minimum Gasteiger partial charge on any atom is -0.360 e. The molecule has 0 saturated heterocycles. The molecule has 3 rings (SSSR count). The number of carbonyl (C=O) groups is 1. The Bertz CT molecular complexity index is 715. The van der Waals surface area contributed by atoms with Crippen molar-refractivity contribution in [3.05, 3.63) is 33.1 Å². The van der Waals surface area contributed by atoms with Crippen LogP contribution >= 0.6 is 11.3 Å². The van der Waals surface area contributed by atoms with Gasteiger partial charge in [0.1, 0.15) is 5.76 Å². The second-order valence-corrected chi connectivity index (χ2v) is 7.70. The number of hydrogen-bond donors (Lipinski definition) is 0. The number of carbonyl (C=O) groups excluding carboxylic acids is 1. The molecule has 1 atom stereocenters. The van der Waals surface area contributed by atoms with E-state index in [0.717, 1.165) is 34.2 Å². The summed E-state index contributed by atoms with van der Waals surface area (Å²) in [5, 5.41) is 5.07. The molecule has 1 aliphatic rings. The molecule has 2 aromatic heterocycles. The number of nitrogens with zero attached hydrogens (tertiary/aromatic N) is 3. The second-order valence-electron chi connectivity index (χ2n) is 6.64. The van der Waals surface area contributed by atoms with E-state index in [4.69, 9.17) is 4.52 Å². The molecule has 0 radical (unpaired) electrons. The minimum absolute atomic E-state index is 0.0337. The Balaban J connectivity index is 1.77. The van der Waals surface area contributed by atoms with Gasteiger partial charge in [0.2, 0.25) is 0 Å². The molecule has 0 N–H and O–H groups in total. The van der Waals surface area contributed by atoms with Crippen molar-refractivity contribution in [3.63, 3.8) is 0 Å². The van der Waals surface area contributed by atoms with Crippen molar-refractivity contribution in [3.8, 4) is 0 Å². The quantitative estimate of drug-likeness (QED) is 0.819. The Kier molecular flexibility index (Phi) is 4.27. The Morgan fingerprint density at radius 3 is 2.65 bits per heavy atom. The number of thiazole rings is 1. The molecule has 1 saturated carbocycles. The van der Waals surface area contributed by atoms with Gasteiger partial charge in [-0.2, -0.15) is 0 Å². The van der Waals surface area contributed by atoms with Crippen LogP contribution in [0.5, 0.6) is 0 Å². The second kappa shape index (κ2) is 6.07. The van der Waals surface area contributed by atoms with E-state index in [2.05, 4.69) is 24.0 Å². The fourth-order valence-electron chi connectivity index (χ4n) is 2.55. The van der Waals surface area contributed by atoms with E-state index in [1.54, 1.807) is 22.3 Å². The van der Waals surface area contributed by atoms with Crippen LogP contribution in [0.1, 0.15) is 83.3 Å². The van der Waals surface area contributed by atoms with E-state index in [9.17, 15) is 4.79 Å². The first-order valence-corrected chi connectivity index (χ1v) is 8.91. The molecule has 1 amide bonds. The summed E-state index contributed by atoms with van der Waals surface area (Å²) in [4.78, 5) is 20.1. The van der Waals surface area contributed by atoms with Gasteiger partial charge in [-0.1, -0.05) is 19.0 Å². The molecule has 6 heteroatoms. The summed E-state index contributed by atoms with van der Waals surface area (Å²) in [6, 6.07) is 1.76. The van der Waals surface area contributed by atoms with Crippen LogP contribution in [0.15, 0.2) is 10.6 Å². The SMILES string of the molecule is Cc1nc(C(C)C)sc1[C@@H](C)N(C)C(=O)c1cc(C2CC2)on1. The van der Waals surface area contributed by atoms with Crippen molar-refractivity contribution in [1.29, 1.82) is 0 Å². The van der Waals surface area contributed by atoms with E-state index < -0.39 is 0 Å². The van der Waals surface area contributed by atoms with Gasteiger partial charge in [-0.15, -0.1) is 11.3 Å². The standard InChI is InChI=1S/C17H23N3O2S/c1-9(2)16-18-10(3)15(23-16)11(4)20(5)17(21)13-8-14(22-19-13)12-6-7-12/h8-9,11-12H,6-7H2,1-5H3/t11-/m1/s1. The third-order valence-corrected chi connectivity index (χ3v) is 5.98. The lowest BCUT2D eigenvalue weighted by Gasteiger charge is -2.23. The van der Waals surface area contributed by atoms with Gasteiger partial charge in [0.25, 0.3) is 5.91 Å². The van der Waals surface area contributed by atoms with Gasteiger partial charge in [-0.3, -0.25) is 4.79 Å². The third kappa shape index (κ3) is 3.17. The largest absolute Gasteiger partial charge is 0.360 e. The van der Waals surface area contributed by atoms with Gasteiger partial charge in [0, 0.05) is 29.8 Å². The summed E-state index contributed by atoms with van der Waals surface area (Å²) in [6.07, 6.45) is 2.26. The average Bonchev–Trinajstić information content (AvgIpc) is 3.11. The molecule has 1 fully saturated rings. The van der Waals surface area contributed by atoms with Crippen LogP contribution in [0.25, 0.3) is 0 Å². The number of aromatic nitrogens is 2. The summed E-state index contributed by atoms with van der Waals surface area (Å²) in [5.74, 6) is 1.60. The highest BCUT2D eigenvalue weighted by atomic mass is 32.1. The Morgan fingerprint density at radius 1 is 1.39 bits per heavy atom. The lowest BCUT2D eigenvalue weighted by molar-refractivity contribution is 0.0734. The highest BCUT2D eigenvalue weighted by Crippen LogP contribution is 2.40. The van der Waals surface area contributed by atoms with Crippen LogP contribution in [-0.4, -0.2) is 28.0 Å². The monoisotopic (exact) mass is 333 g/mol. The van der Waals surface area contributed by atoms with Gasteiger partial charge in [0.15, 0.2) is 5.69 Å². The first-order valence-electron chi connectivity index (χ1n) is 8.09. The fourth-order valence-corrected chi connectivity index (χ4v) is 3.71. The van der Waals surface area contributed by atoms with Gasteiger partial charge in [-0.05, 0) is 26.7 Å². The molecule has 124 valence electrons. The van der Waals surface area contributed by atoms with Crippen LogP contribution in [0.3, 0.4) is 0 Å². The summed E-state index contributed by atoms with van der Waals surface area (Å²) in [5.41, 5.74) is 1.40. The van der Waals surface area contributed by atoms with E-state index >= 15 is 0 Å². The molecule has 0 unspecified atom stereocenters. The number of amides is 1. The zero-order valence-corrected chi connectivity index (χ0v) is 15.1.